The zero-order valence-electron chi connectivity index (χ0n) is 11.6. The van der Waals surface area contributed by atoms with Crippen molar-refractivity contribution in [3.8, 4) is 0 Å². The first-order valence-electron chi connectivity index (χ1n) is 6.44. The van der Waals surface area contributed by atoms with E-state index in [4.69, 9.17) is 4.74 Å². The molecular formula is C14H22N2O2. The molecule has 18 heavy (non-hydrogen) atoms. The van der Waals surface area contributed by atoms with Crippen LogP contribution in [0.2, 0.25) is 0 Å². The summed E-state index contributed by atoms with van der Waals surface area (Å²) in [5.41, 5.74) is 1.68. The van der Waals surface area contributed by atoms with E-state index >= 15 is 0 Å². The van der Waals surface area contributed by atoms with Crippen LogP contribution in [-0.4, -0.2) is 21.5 Å². The molecule has 0 bridgehead atoms. The van der Waals surface area contributed by atoms with Gasteiger partial charge < -0.3 is 9.84 Å². The van der Waals surface area contributed by atoms with Crippen molar-refractivity contribution in [2.45, 2.75) is 45.1 Å². The van der Waals surface area contributed by atoms with Gasteiger partial charge in [-0.1, -0.05) is 20.8 Å². The summed E-state index contributed by atoms with van der Waals surface area (Å²) in [6, 6.07) is 0. The van der Waals surface area contributed by atoms with Gasteiger partial charge in [0.1, 0.15) is 11.9 Å². The maximum Gasteiger partial charge on any atom is 0.139 e. The highest BCUT2D eigenvalue weighted by atomic mass is 16.5. The molecule has 1 aromatic heterocycles. The van der Waals surface area contributed by atoms with Crippen molar-refractivity contribution in [1.29, 1.82) is 0 Å². The van der Waals surface area contributed by atoms with Gasteiger partial charge in [-0.3, -0.25) is 4.68 Å². The Hall–Kier alpha value is -1.29. The molecule has 1 atom stereocenters. The van der Waals surface area contributed by atoms with E-state index in [0.717, 1.165) is 24.1 Å². The minimum absolute atomic E-state index is 0.0905. The van der Waals surface area contributed by atoms with Crippen LogP contribution in [-0.2, 0) is 17.2 Å². The lowest BCUT2D eigenvalue weighted by atomic mass is 9.87. The average Bonchev–Trinajstić information content (AvgIpc) is 2.71. The Kier molecular flexibility index (Phi) is 3.48. The summed E-state index contributed by atoms with van der Waals surface area (Å²) in [6.45, 7) is 6.99. The van der Waals surface area contributed by atoms with Crippen LogP contribution in [0, 0.1) is 0 Å². The summed E-state index contributed by atoms with van der Waals surface area (Å²) >= 11 is 0. The van der Waals surface area contributed by atoms with E-state index in [1.807, 2.05) is 19.3 Å². The van der Waals surface area contributed by atoms with Crippen molar-refractivity contribution < 1.29 is 9.84 Å². The Bertz CT molecular complexity index is 455. The van der Waals surface area contributed by atoms with Crippen LogP contribution in [0.15, 0.2) is 18.0 Å². The number of allylic oxidation sites excluding steroid dienone is 1. The SMILES string of the molecule is Cn1cc(C(O)C2=CCCCO2)c(C(C)(C)C)n1. The number of aromatic nitrogens is 2. The second-order valence-corrected chi connectivity index (χ2v) is 5.86. The summed E-state index contributed by atoms with van der Waals surface area (Å²) in [6.07, 6.45) is 5.15. The fraction of sp³-hybridized carbons (Fsp3) is 0.643. The number of rotatable bonds is 2. The van der Waals surface area contributed by atoms with Crippen LogP contribution in [0.5, 0.6) is 0 Å². The van der Waals surface area contributed by atoms with Gasteiger partial charge in [0.25, 0.3) is 0 Å². The van der Waals surface area contributed by atoms with E-state index in [2.05, 4.69) is 25.9 Å². The van der Waals surface area contributed by atoms with Crippen LogP contribution in [0.3, 0.4) is 0 Å². The van der Waals surface area contributed by atoms with E-state index in [9.17, 15) is 5.11 Å². The molecule has 1 aliphatic heterocycles. The van der Waals surface area contributed by atoms with Gasteiger partial charge in [-0.25, -0.2) is 0 Å². The van der Waals surface area contributed by atoms with Gasteiger partial charge >= 0.3 is 0 Å². The van der Waals surface area contributed by atoms with Crippen molar-refractivity contribution in [2.24, 2.45) is 7.05 Å². The normalized spacial score (nSPS) is 18.2. The lowest BCUT2D eigenvalue weighted by Gasteiger charge is -2.23. The van der Waals surface area contributed by atoms with Crippen molar-refractivity contribution in [3.63, 3.8) is 0 Å². The van der Waals surface area contributed by atoms with Gasteiger partial charge in [0.05, 0.1) is 12.3 Å². The molecule has 0 amide bonds. The lowest BCUT2D eigenvalue weighted by Crippen LogP contribution is -2.18. The number of aliphatic hydroxyl groups excluding tert-OH is 1. The summed E-state index contributed by atoms with van der Waals surface area (Å²) in [7, 11) is 1.88. The van der Waals surface area contributed by atoms with Gasteiger partial charge in [0.15, 0.2) is 0 Å². The minimum Gasteiger partial charge on any atom is -0.495 e. The molecule has 1 aliphatic rings. The van der Waals surface area contributed by atoms with E-state index in [0.29, 0.717) is 12.4 Å². The predicted octanol–water partition coefficient (Wildman–Crippen LogP) is 2.45. The van der Waals surface area contributed by atoms with Crippen molar-refractivity contribution in [1.82, 2.24) is 9.78 Å². The zero-order valence-corrected chi connectivity index (χ0v) is 11.6. The summed E-state index contributed by atoms with van der Waals surface area (Å²) in [5.74, 6) is 0.666. The van der Waals surface area contributed by atoms with E-state index < -0.39 is 6.10 Å². The summed E-state index contributed by atoms with van der Waals surface area (Å²) in [4.78, 5) is 0. The third-order valence-electron chi connectivity index (χ3n) is 3.09. The highest BCUT2D eigenvalue weighted by Crippen LogP contribution is 2.33. The summed E-state index contributed by atoms with van der Waals surface area (Å²) in [5, 5.41) is 14.9. The molecule has 2 heterocycles. The minimum atomic E-state index is -0.701. The lowest BCUT2D eigenvalue weighted by molar-refractivity contribution is 0.0907. The molecule has 0 aliphatic carbocycles. The topological polar surface area (TPSA) is 47.3 Å². The molecule has 0 saturated carbocycles. The van der Waals surface area contributed by atoms with Crippen molar-refractivity contribution in [3.05, 3.63) is 29.3 Å². The van der Waals surface area contributed by atoms with Crippen molar-refractivity contribution >= 4 is 0 Å². The molecule has 0 radical (unpaired) electrons. The zero-order chi connectivity index (χ0) is 13.3. The third-order valence-corrected chi connectivity index (χ3v) is 3.09. The predicted molar refractivity (Wildman–Crippen MR) is 70.1 cm³/mol. The van der Waals surface area contributed by atoms with E-state index in [1.54, 1.807) is 4.68 Å². The number of ether oxygens (including phenoxy) is 1. The quantitative estimate of drug-likeness (QED) is 0.877. The number of hydrogen-bond acceptors (Lipinski definition) is 3. The first kappa shape index (κ1) is 13.1. The van der Waals surface area contributed by atoms with Crippen molar-refractivity contribution in [2.75, 3.05) is 6.61 Å². The Morgan fingerprint density at radius 3 is 2.72 bits per heavy atom. The second kappa shape index (κ2) is 4.76. The van der Waals surface area contributed by atoms with Gasteiger partial charge in [0, 0.05) is 24.2 Å². The molecule has 1 aromatic rings. The molecule has 4 nitrogen and oxygen atoms in total. The summed E-state index contributed by atoms with van der Waals surface area (Å²) < 4.78 is 7.30. The third kappa shape index (κ3) is 2.58. The first-order valence-corrected chi connectivity index (χ1v) is 6.44. The van der Waals surface area contributed by atoms with Crippen LogP contribution >= 0.6 is 0 Å². The Morgan fingerprint density at radius 2 is 2.17 bits per heavy atom. The maximum atomic E-state index is 10.5. The van der Waals surface area contributed by atoms with E-state index in [-0.39, 0.29) is 5.41 Å². The number of nitrogens with zero attached hydrogens (tertiary/aromatic N) is 2. The Balaban J connectivity index is 2.35. The maximum absolute atomic E-state index is 10.5. The monoisotopic (exact) mass is 250 g/mol. The highest BCUT2D eigenvalue weighted by molar-refractivity contribution is 5.30. The molecular weight excluding hydrogens is 228 g/mol. The van der Waals surface area contributed by atoms with Gasteiger partial charge in [-0.15, -0.1) is 0 Å². The molecule has 2 rings (SSSR count). The van der Waals surface area contributed by atoms with Gasteiger partial charge in [-0.2, -0.15) is 5.10 Å². The molecule has 0 spiro atoms. The Labute approximate surface area is 108 Å². The van der Waals surface area contributed by atoms with Gasteiger partial charge in [0.2, 0.25) is 0 Å². The molecule has 1 unspecified atom stereocenters. The molecule has 1 N–H and O–H groups in total. The van der Waals surface area contributed by atoms with Crippen LogP contribution in [0.4, 0.5) is 0 Å². The fourth-order valence-corrected chi connectivity index (χ4v) is 2.21. The number of aliphatic hydroxyl groups is 1. The average molecular weight is 250 g/mol. The molecule has 0 aromatic carbocycles. The highest BCUT2D eigenvalue weighted by Gasteiger charge is 2.28. The smallest absolute Gasteiger partial charge is 0.139 e. The molecule has 0 saturated heterocycles. The molecule has 4 heteroatoms. The first-order chi connectivity index (χ1) is 8.39. The molecule has 0 fully saturated rings. The van der Waals surface area contributed by atoms with Crippen LogP contribution in [0.25, 0.3) is 0 Å². The van der Waals surface area contributed by atoms with E-state index in [1.165, 1.54) is 0 Å². The largest absolute Gasteiger partial charge is 0.495 e. The Morgan fingerprint density at radius 1 is 1.44 bits per heavy atom. The number of hydrogen-bond donors (Lipinski definition) is 1. The fourth-order valence-electron chi connectivity index (χ4n) is 2.21. The van der Waals surface area contributed by atoms with Crippen LogP contribution in [0.1, 0.15) is 51.0 Å². The standard InChI is InChI=1S/C14H22N2O2/c1-14(2,3)13-10(9-16(4)15-13)12(17)11-7-5-6-8-18-11/h7,9,12,17H,5-6,8H2,1-4H3. The second-order valence-electron chi connectivity index (χ2n) is 5.86. The van der Waals surface area contributed by atoms with Crippen LogP contribution < -0.4 is 0 Å². The number of aryl methyl sites for hydroxylation is 1. The molecule has 100 valence electrons. The van der Waals surface area contributed by atoms with Gasteiger partial charge in [-0.05, 0) is 18.9 Å².